The third-order valence-corrected chi connectivity index (χ3v) is 7.21. The molecule has 0 radical (unpaired) electrons. The molecule has 0 aliphatic carbocycles. The molecule has 0 spiro atoms. The van der Waals surface area contributed by atoms with E-state index in [4.69, 9.17) is 26.4 Å². The highest BCUT2D eigenvalue weighted by Gasteiger charge is 2.33. The van der Waals surface area contributed by atoms with Gasteiger partial charge in [0, 0.05) is 6.42 Å². The zero-order valence-electron chi connectivity index (χ0n) is 22.2. The summed E-state index contributed by atoms with van der Waals surface area (Å²) < 4.78 is 18.2. The number of para-hydroxylation sites is 1. The van der Waals surface area contributed by atoms with Gasteiger partial charge in [0.2, 0.25) is 0 Å². The second-order valence-corrected chi connectivity index (χ2v) is 11.5. The van der Waals surface area contributed by atoms with E-state index in [1.807, 2.05) is 73.7 Å². The zero-order valence-corrected chi connectivity index (χ0v) is 23.9. The predicted molar refractivity (Wildman–Crippen MR) is 160 cm³/mol. The van der Waals surface area contributed by atoms with Gasteiger partial charge in [-0.3, -0.25) is 9.69 Å². The van der Waals surface area contributed by atoms with Crippen molar-refractivity contribution in [3.05, 3.63) is 88.8 Å². The first-order chi connectivity index (χ1) is 18.3. The van der Waals surface area contributed by atoms with Crippen LogP contribution in [-0.2, 0) is 10.2 Å². The molecule has 0 aromatic heterocycles. The topological polar surface area (TPSA) is 48.0 Å². The third kappa shape index (κ3) is 6.97. The summed E-state index contributed by atoms with van der Waals surface area (Å²) in [6.07, 6.45) is 2.57. The Morgan fingerprint density at radius 3 is 2.29 bits per heavy atom. The van der Waals surface area contributed by atoms with Gasteiger partial charge < -0.3 is 14.2 Å². The van der Waals surface area contributed by atoms with E-state index in [9.17, 15) is 4.79 Å². The predicted octanol–water partition coefficient (Wildman–Crippen LogP) is 7.64. The molecular weight excluding hydrogens is 514 g/mol. The zero-order chi connectivity index (χ0) is 27.1. The van der Waals surface area contributed by atoms with E-state index < -0.39 is 0 Å². The first-order valence-corrected chi connectivity index (χ1v) is 13.9. The summed E-state index contributed by atoms with van der Waals surface area (Å²) in [5.41, 5.74) is 3.01. The molecule has 5 nitrogen and oxygen atoms in total. The average Bonchev–Trinajstić information content (AvgIpc) is 3.17. The number of thiocarbonyl (C=S) groups is 1. The second kappa shape index (κ2) is 12.5. The largest absolute Gasteiger partial charge is 0.493 e. The Balaban J connectivity index is 1.35. The van der Waals surface area contributed by atoms with Crippen LogP contribution in [-0.4, -0.2) is 30.0 Å². The fourth-order valence-electron chi connectivity index (χ4n) is 3.90. The summed E-state index contributed by atoms with van der Waals surface area (Å²) in [6, 6.07) is 23.4. The molecule has 198 valence electrons. The van der Waals surface area contributed by atoms with Crippen molar-refractivity contribution in [1.29, 1.82) is 0 Å². The molecule has 0 N–H and O–H groups in total. The number of anilines is 1. The standard InChI is InChI=1S/C31H33NO4S2/c1-5-34-27-20-22(21-28-29(33)32(30(37)38-28)24-10-7-6-8-11-24)12-17-26(27)36-19-9-18-35-25-15-13-23(14-16-25)31(2,3)4/h6-8,10-17,20-21H,5,9,18-19H2,1-4H3/b28-21+. The monoisotopic (exact) mass is 547 g/mol. The Morgan fingerprint density at radius 1 is 0.895 bits per heavy atom. The highest BCUT2D eigenvalue weighted by molar-refractivity contribution is 8.27. The number of hydrogen-bond donors (Lipinski definition) is 0. The summed E-state index contributed by atoms with van der Waals surface area (Å²) in [4.78, 5) is 15.2. The maximum Gasteiger partial charge on any atom is 0.270 e. The van der Waals surface area contributed by atoms with Crippen LogP contribution in [0, 0.1) is 0 Å². The SMILES string of the molecule is CCOc1cc(/C=C2/SC(=S)N(c3ccccc3)C2=O)ccc1OCCCOc1ccc(C(C)(C)C)cc1. The first kappa shape index (κ1) is 27.7. The van der Waals surface area contributed by atoms with Crippen LogP contribution >= 0.6 is 24.0 Å². The van der Waals surface area contributed by atoms with Gasteiger partial charge in [-0.25, -0.2) is 0 Å². The van der Waals surface area contributed by atoms with Crippen LogP contribution in [0.25, 0.3) is 6.08 Å². The van der Waals surface area contributed by atoms with Crippen molar-refractivity contribution in [1.82, 2.24) is 0 Å². The molecule has 3 aromatic carbocycles. The number of amides is 1. The fourth-order valence-corrected chi connectivity index (χ4v) is 5.20. The molecule has 38 heavy (non-hydrogen) atoms. The lowest BCUT2D eigenvalue weighted by atomic mass is 9.87. The Bertz CT molecular complexity index is 1300. The molecule has 1 fully saturated rings. The van der Waals surface area contributed by atoms with E-state index in [1.165, 1.54) is 17.3 Å². The van der Waals surface area contributed by atoms with Crippen molar-refractivity contribution >= 4 is 46.0 Å². The van der Waals surface area contributed by atoms with Gasteiger partial charge in [-0.2, -0.15) is 0 Å². The summed E-state index contributed by atoms with van der Waals surface area (Å²) in [5, 5.41) is 0. The lowest BCUT2D eigenvalue weighted by molar-refractivity contribution is -0.113. The first-order valence-electron chi connectivity index (χ1n) is 12.7. The molecule has 1 aliphatic heterocycles. The lowest BCUT2D eigenvalue weighted by Gasteiger charge is -2.19. The van der Waals surface area contributed by atoms with E-state index in [0.29, 0.717) is 40.5 Å². The molecule has 0 saturated carbocycles. The van der Waals surface area contributed by atoms with E-state index in [1.54, 1.807) is 4.90 Å². The molecule has 3 aromatic rings. The smallest absolute Gasteiger partial charge is 0.270 e. The maximum absolute atomic E-state index is 13.0. The molecule has 0 unspecified atom stereocenters. The van der Waals surface area contributed by atoms with Gasteiger partial charge in [-0.1, -0.05) is 81.1 Å². The number of ether oxygens (including phenoxy) is 3. The number of nitrogens with zero attached hydrogens (tertiary/aromatic N) is 1. The number of benzene rings is 3. The van der Waals surface area contributed by atoms with Crippen LogP contribution in [0.5, 0.6) is 17.2 Å². The molecule has 0 bridgehead atoms. The number of hydrogen-bond acceptors (Lipinski definition) is 6. The van der Waals surface area contributed by atoms with Crippen LogP contribution in [0.15, 0.2) is 77.7 Å². The normalized spacial score (nSPS) is 14.7. The summed E-state index contributed by atoms with van der Waals surface area (Å²) >= 11 is 6.77. The van der Waals surface area contributed by atoms with E-state index in [-0.39, 0.29) is 11.3 Å². The molecular formula is C31H33NO4S2. The van der Waals surface area contributed by atoms with Crippen molar-refractivity contribution < 1.29 is 19.0 Å². The van der Waals surface area contributed by atoms with E-state index >= 15 is 0 Å². The Labute approximate surface area is 234 Å². The molecule has 4 rings (SSSR count). The molecule has 0 atom stereocenters. The van der Waals surface area contributed by atoms with Crippen LogP contribution in [0.2, 0.25) is 0 Å². The quantitative estimate of drug-likeness (QED) is 0.148. The molecule has 1 amide bonds. The van der Waals surface area contributed by atoms with Gasteiger partial charge >= 0.3 is 0 Å². The summed E-state index contributed by atoms with van der Waals surface area (Å²) in [5.74, 6) is 2.03. The summed E-state index contributed by atoms with van der Waals surface area (Å²) in [7, 11) is 0. The maximum atomic E-state index is 13.0. The Hall–Kier alpha value is -3.29. The van der Waals surface area contributed by atoms with Gasteiger partial charge in [-0.15, -0.1) is 0 Å². The highest BCUT2D eigenvalue weighted by atomic mass is 32.2. The molecule has 1 aliphatic rings. The average molecular weight is 548 g/mol. The van der Waals surface area contributed by atoms with Crippen LogP contribution in [0.4, 0.5) is 5.69 Å². The van der Waals surface area contributed by atoms with Gasteiger partial charge in [-0.05, 0) is 65.9 Å². The van der Waals surface area contributed by atoms with Gasteiger partial charge in [0.15, 0.2) is 15.8 Å². The number of thioether (sulfide) groups is 1. The van der Waals surface area contributed by atoms with Crippen molar-refractivity contribution in [2.45, 2.75) is 39.5 Å². The van der Waals surface area contributed by atoms with Crippen molar-refractivity contribution in [2.24, 2.45) is 0 Å². The van der Waals surface area contributed by atoms with E-state index in [2.05, 4.69) is 32.9 Å². The Morgan fingerprint density at radius 2 is 1.61 bits per heavy atom. The van der Waals surface area contributed by atoms with Gasteiger partial charge in [0.25, 0.3) is 5.91 Å². The number of rotatable bonds is 10. The highest BCUT2D eigenvalue weighted by Crippen LogP contribution is 2.37. The molecule has 7 heteroatoms. The van der Waals surface area contributed by atoms with Crippen LogP contribution in [0.1, 0.15) is 45.2 Å². The number of carbonyl (C=O) groups is 1. The van der Waals surface area contributed by atoms with Crippen molar-refractivity contribution in [3.63, 3.8) is 0 Å². The minimum absolute atomic E-state index is 0.122. The van der Waals surface area contributed by atoms with Gasteiger partial charge in [0.1, 0.15) is 5.75 Å². The minimum atomic E-state index is -0.127. The summed E-state index contributed by atoms with van der Waals surface area (Å²) in [6.45, 7) is 10.1. The second-order valence-electron chi connectivity index (χ2n) is 9.82. The third-order valence-electron chi connectivity index (χ3n) is 5.91. The van der Waals surface area contributed by atoms with Crippen molar-refractivity contribution in [2.75, 3.05) is 24.7 Å². The van der Waals surface area contributed by atoms with Crippen LogP contribution < -0.4 is 19.1 Å². The van der Waals surface area contributed by atoms with Crippen molar-refractivity contribution in [3.8, 4) is 17.2 Å². The Kier molecular flexibility index (Phi) is 9.13. The molecule has 1 saturated heterocycles. The van der Waals surface area contributed by atoms with Crippen LogP contribution in [0.3, 0.4) is 0 Å². The minimum Gasteiger partial charge on any atom is -0.493 e. The lowest BCUT2D eigenvalue weighted by Crippen LogP contribution is -2.27. The van der Waals surface area contributed by atoms with Gasteiger partial charge in [0.05, 0.1) is 30.4 Å². The molecule has 1 heterocycles. The number of carbonyl (C=O) groups excluding carboxylic acids is 1. The fraction of sp³-hybridized carbons (Fsp3) is 0.290. The van der Waals surface area contributed by atoms with E-state index in [0.717, 1.165) is 23.4 Å².